The number of ether oxygens (including phenoxy) is 2. The van der Waals surface area contributed by atoms with E-state index in [0.29, 0.717) is 30.2 Å². The molecule has 1 amide bonds. The molecule has 3 rings (SSSR count). The van der Waals surface area contributed by atoms with Gasteiger partial charge in [0.1, 0.15) is 17.4 Å². The Kier molecular flexibility index (Phi) is 8.30. The highest BCUT2D eigenvalue weighted by Crippen LogP contribution is 2.30. The van der Waals surface area contributed by atoms with Gasteiger partial charge >= 0.3 is 0 Å². The largest absolute Gasteiger partial charge is 0.491 e. The predicted molar refractivity (Wildman–Crippen MR) is 126 cm³/mol. The first-order chi connectivity index (χ1) is 15.4. The fourth-order valence-electron chi connectivity index (χ4n) is 2.99. The number of benzene rings is 1. The zero-order valence-corrected chi connectivity index (χ0v) is 20.0. The van der Waals surface area contributed by atoms with E-state index >= 15 is 0 Å². The Balaban J connectivity index is 1.81. The molecule has 170 valence electrons. The number of hydrogen-bond donors (Lipinski definition) is 1. The number of rotatable bonds is 10. The SMILES string of the molecule is CCCO[C@@H](C)COc1cc(C(=O)N[C@H](C)c2cnc(C)cn2)cc(-c2ncc(C)s2)c1. The highest BCUT2D eigenvalue weighted by Gasteiger charge is 2.17. The number of hydrogen-bond acceptors (Lipinski definition) is 7. The Hall–Kier alpha value is -2.84. The van der Waals surface area contributed by atoms with Crippen LogP contribution in [0.2, 0.25) is 0 Å². The third-order valence-corrected chi connectivity index (χ3v) is 5.68. The summed E-state index contributed by atoms with van der Waals surface area (Å²) >= 11 is 1.58. The highest BCUT2D eigenvalue weighted by molar-refractivity contribution is 7.14. The molecule has 2 aromatic heterocycles. The van der Waals surface area contributed by atoms with E-state index in [1.165, 1.54) is 0 Å². The van der Waals surface area contributed by atoms with Gasteiger partial charge in [0.05, 0.1) is 29.7 Å². The Bertz CT molecular complexity index is 1040. The van der Waals surface area contributed by atoms with Crippen LogP contribution in [0.15, 0.2) is 36.8 Å². The van der Waals surface area contributed by atoms with Crippen molar-refractivity contribution in [1.29, 1.82) is 0 Å². The molecular weight excluding hydrogens is 424 g/mol. The molecule has 0 saturated carbocycles. The number of nitrogens with zero attached hydrogens (tertiary/aromatic N) is 3. The van der Waals surface area contributed by atoms with Crippen LogP contribution in [0.4, 0.5) is 0 Å². The number of amides is 1. The van der Waals surface area contributed by atoms with Gasteiger partial charge in [-0.1, -0.05) is 6.92 Å². The molecule has 3 aromatic rings. The molecule has 7 nitrogen and oxygen atoms in total. The predicted octanol–water partition coefficient (Wildman–Crippen LogP) is 4.90. The number of carbonyl (C=O) groups excluding carboxylic acids is 1. The van der Waals surface area contributed by atoms with E-state index in [9.17, 15) is 4.79 Å². The lowest BCUT2D eigenvalue weighted by molar-refractivity contribution is 0.0327. The molecular formula is C24H30N4O3S. The number of carbonyl (C=O) groups is 1. The van der Waals surface area contributed by atoms with Gasteiger partial charge < -0.3 is 14.8 Å². The van der Waals surface area contributed by atoms with Gasteiger partial charge in [-0.25, -0.2) is 4.98 Å². The first-order valence-corrected chi connectivity index (χ1v) is 11.6. The van der Waals surface area contributed by atoms with E-state index in [4.69, 9.17) is 9.47 Å². The molecule has 0 saturated heterocycles. The standard InChI is InChI=1S/C24H30N4O3S/c1-6-7-30-16(3)14-31-21-9-19(8-20(10-21)24-27-12-17(4)32-24)23(29)28-18(5)22-13-25-15(2)11-26-22/h8-13,16,18H,6-7,14H2,1-5H3,(H,28,29)/t16-,18+/m0/s1. The molecule has 0 fully saturated rings. The van der Waals surface area contributed by atoms with Crippen LogP contribution in [-0.4, -0.2) is 40.2 Å². The van der Waals surface area contributed by atoms with Gasteiger partial charge in [-0.3, -0.25) is 14.8 Å². The van der Waals surface area contributed by atoms with Crippen molar-refractivity contribution >= 4 is 17.2 Å². The van der Waals surface area contributed by atoms with Gasteiger partial charge in [0.2, 0.25) is 0 Å². The van der Waals surface area contributed by atoms with Gasteiger partial charge in [-0.05, 0) is 52.3 Å². The normalized spacial score (nSPS) is 12.9. The Morgan fingerprint density at radius 2 is 1.91 bits per heavy atom. The summed E-state index contributed by atoms with van der Waals surface area (Å²) in [5, 5.41) is 3.84. The molecule has 0 unspecified atom stereocenters. The maximum atomic E-state index is 13.1. The summed E-state index contributed by atoms with van der Waals surface area (Å²) in [5.74, 6) is 0.394. The smallest absolute Gasteiger partial charge is 0.251 e. The van der Waals surface area contributed by atoms with Crippen molar-refractivity contribution in [3.8, 4) is 16.3 Å². The summed E-state index contributed by atoms with van der Waals surface area (Å²) in [6.45, 7) is 10.9. The van der Waals surface area contributed by atoms with Gasteiger partial charge in [-0.15, -0.1) is 11.3 Å². The van der Waals surface area contributed by atoms with Crippen molar-refractivity contribution in [2.24, 2.45) is 0 Å². The summed E-state index contributed by atoms with van der Waals surface area (Å²) in [5.41, 5.74) is 2.88. The second kappa shape index (κ2) is 11.2. The molecule has 1 aromatic carbocycles. The average molecular weight is 455 g/mol. The fourth-order valence-corrected chi connectivity index (χ4v) is 3.74. The molecule has 0 aliphatic rings. The van der Waals surface area contributed by atoms with E-state index < -0.39 is 0 Å². The summed E-state index contributed by atoms with van der Waals surface area (Å²) in [7, 11) is 0. The monoisotopic (exact) mass is 454 g/mol. The summed E-state index contributed by atoms with van der Waals surface area (Å²) in [6.07, 6.45) is 6.11. The van der Waals surface area contributed by atoms with Crippen molar-refractivity contribution < 1.29 is 14.3 Å². The van der Waals surface area contributed by atoms with E-state index in [0.717, 1.165) is 27.6 Å². The highest BCUT2D eigenvalue weighted by atomic mass is 32.1. The zero-order valence-electron chi connectivity index (χ0n) is 19.2. The molecule has 0 radical (unpaired) electrons. The number of thiazole rings is 1. The van der Waals surface area contributed by atoms with Crippen molar-refractivity contribution in [3.63, 3.8) is 0 Å². The quantitative estimate of drug-likeness (QED) is 0.469. The van der Waals surface area contributed by atoms with Crippen LogP contribution < -0.4 is 10.1 Å². The minimum Gasteiger partial charge on any atom is -0.491 e. The minimum absolute atomic E-state index is 0.0434. The van der Waals surface area contributed by atoms with Crippen LogP contribution in [-0.2, 0) is 4.74 Å². The lowest BCUT2D eigenvalue weighted by Gasteiger charge is -2.16. The van der Waals surface area contributed by atoms with Gasteiger partial charge in [-0.2, -0.15) is 0 Å². The maximum absolute atomic E-state index is 13.1. The van der Waals surface area contributed by atoms with Gasteiger partial charge in [0.25, 0.3) is 5.91 Å². The van der Waals surface area contributed by atoms with E-state index in [-0.39, 0.29) is 18.1 Å². The van der Waals surface area contributed by atoms with Crippen molar-refractivity contribution in [2.45, 2.75) is 53.2 Å². The molecule has 2 atom stereocenters. The molecule has 0 aliphatic heterocycles. The lowest BCUT2D eigenvalue weighted by atomic mass is 10.1. The van der Waals surface area contributed by atoms with Crippen LogP contribution in [0.25, 0.3) is 10.6 Å². The first-order valence-electron chi connectivity index (χ1n) is 10.8. The third kappa shape index (κ3) is 6.58. The summed E-state index contributed by atoms with van der Waals surface area (Å²) < 4.78 is 11.7. The van der Waals surface area contributed by atoms with Crippen LogP contribution >= 0.6 is 11.3 Å². The summed E-state index contributed by atoms with van der Waals surface area (Å²) in [6, 6.07) is 5.22. The summed E-state index contributed by atoms with van der Waals surface area (Å²) in [4.78, 5) is 27.2. The molecule has 1 N–H and O–H groups in total. The molecule has 0 aliphatic carbocycles. The molecule has 0 bridgehead atoms. The Labute approximate surface area is 193 Å². The van der Waals surface area contributed by atoms with E-state index in [2.05, 4.69) is 27.2 Å². The number of aromatic nitrogens is 3. The van der Waals surface area contributed by atoms with Crippen LogP contribution in [0.1, 0.15) is 59.9 Å². The second-order valence-electron chi connectivity index (χ2n) is 7.79. The maximum Gasteiger partial charge on any atom is 0.251 e. The van der Waals surface area contributed by atoms with Crippen molar-refractivity contribution in [3.05, 3.63) is 58.6 Å². The van der Waals surface area contributed by atoms with Gasteiger partial charge in [0, 0.05) is 35.0 Å². The van der Waals surface area contributed by atoms with E-state index in [1.807, 2.05) is 46.0 Å². The molecule has 2 heterocycles. The Morgan fingerprint density at radius 1 is 1.09 bits per heavy atom. The molecule has 32 heavy (non-hydrogen) atoms. The van der Waals surface area contributed by atoms with Crippen LogP contribution in [0, 0.1) is 13.8 Å². The van der Waals surface area contributed by atoms with Crippen molar-refractivity contribution in [2.75, 3.05) is 13.2 Å². The van der Waals surface area contributed by atoms with Crippen LogP contribution in [0.5, 0.6) is 5.75 Å². The zero-order chi connectivity index (χ0) is 23.1. The van der Waals surface area contributed by atoms with Crippen LogP contribution in [0.3, 0.4) is 0 Å². The molecule has 8 heteroatoms. The van der Waals surface area contributed by atoms with E-state index in [1.54, 1.807) is 29.8 Å². The first kappa shape index (κ1) is 23.8. The fraction of sp³-hybridized carbons (Fsp3) is 0.417. The number of aryl methyl sites for hydroxylation is 2. The topological polar surface area (TPSA) is 86.2 Å². The minimum atomic E-state index is -0.284. The Morgan fingerprint density at radius 3 is 2.56 bits per heavy atom. The lowest BCUT2D eigenvalue weighted by Crippen LogP contribution is -2.27. The van der Waals surface area contributed by atoms with Crippen molar-refractivity contribution in [1.82, 2.24) is 20.3 Å². The molecule has 0 spiro atoms. The number of nitrogens with one attached hydrogen (secondary N) is 1. The van der Waals surface area contributed by atoms with Gasteiger partial charge in [0.15, 0.2) is 0 Å². The average Bonchev–Trinajstić information content (AvgIpc) is 3.22. The second-order valence-corrected chi connectivity index (χ2v) is 9.03. The third-order valence-electron chi connectivity index (χ3n) is 4.72.